The minimum Gasteiger partial charge on any atom is -0.266 e. The molecule has 22 heavy (non-hydrogen) atoms. The van der Waals surface area contributed by atoms with Crippen LogP contribution in [0.25, 0.3) is 0 Å². The maximum atomic E-state index is 13.7. The number of nitrogens with zero attached hydrogens (tertiary/aromatic N) is 1. The van der Waals surface area contributed by atoms with Crippen LogP contribution in [0.15, 0.2) is 35.2 Å². The van der Waals surface area contributed by atoms with E-state index in [1.54, 1.807) is 0 Å². The van der Waals surface area contributed by atoms with Crippen molar-refractivity contribution in [2.45, 2.75) is 18.2 Å². The molecule has 1 aliphatic heterocycles. The molecule has 0 amide bonds. The van der Waals surface area contributed by atoms with Crippen LogP contribution >= 0.6 is 0 Å². The van der Waals surface area contributed by atoms with Crippen molar-refractivity contribution in [3.05, 3.63) is 58.9 Å². The van der Waals surface area contributed by atoms with Gasteiger partial charge in [0.2, 0.25) is 0 Å². The Balaban J connectivity index is 2.11. The highest BCUT2D eigenvalue weighted by Crippen LogP contribution is 2.35. The lowest BCUT2D eigenvalue weighted by atomic mass is 10.1. The summed E-state index contributed by atoms with van der Waals surface area (Å²) in [5.74, 6) is -2.28. The molecule has 1 aliphatic rings. The van der Waals surface area contributed by atoms with Crippen molar-refractivity contribution in [3.63, 3.8) is 0 Å². The van der Waals surface area contributed by atoms with Gasteiger partial charge in [-0.2, -0.15) is 0 Å². The second-order valence-electron chi connectivity index (χ2n) is 5.12. The van der Waals surface area contributed by atoms with Crippen LogP contribution in [0.2, 0.25) is 0 Å². The Labute approximate surface area is 126 Å². The molecule has 1 heterocycles. The fourth-order valence-corrected chi connectivity index (χ4v) is 4.01. The van der Waals surface area contributed by atoms with Gasteiger partial charge in [0.25, 0.3) is 10.0 Å². The van der Waals surface area contributed by atoms with E-state index in [0.29, 0.717) is 5.56 Å². The molecule has 7 heteroatoms. The maximum Gasteiger partial charge on any atom is 0.264 e. The number of halogens is 3. The first kappa shape index (κ1) is 14.9. The number of hydrogen-bond acceptors (Lipinski definition) is 2. The predicted octanol–water partition coefficient (Wildman–Crippen LogP) is 3.16. The molecule has 116 valence electrons. The zero-order valence-electron chi connectivity index (χ0n) is 11.6. The predicted molar refractivity (Wildman–Crippen MR) is 75.7 cm³/mol. The van der Waals surface area contributed by atoms with Crippen LogP contribution in [0, 0.1) is 24.4 Å². The first-order chi connectivity index (χ1) is 10.3. The van der Waals surface area contributed by atoms with Crippen LogP contribution in [0.3, 0.4) is 0 Å². The number of benzene rings is 2. The Bertz CT molecular complexity index is 865. The van der Waals surface area contributed by atoms with Crippen molar-refractivity contribution in [1.29, 1.82) is 0 Å². The topological polar surface area (TPSA) is 37.4 Å². The van der Waals surface area contributed by atoms with E-state index in [0.717, 1.165) is 22.5 Å². The Morgan fingerprint density at radius 2 is 1.77 bits per heavy atom. The van der Waals surface area contributed by atoms with E-state index in [9.17, 15) is 21.6 Å². The standard InChI is InChI=1S/C15H12F3NO2S/c1-9-2-3-11(8-13(9)17)22(20,21)19-5-4-12-14(18)6-10(16)7-15(12)19/h2-3,6-8H,4-5H2,1H3. The van der Waals surface area contributed by atoms with E-state index in [4.69, 9.17) is 0 Å². The average molecular weight is 327 g/mol. The lowest BCUT2D eigenvalue weighted by Gasteiger charge is -2.20. The molecule has 0 radical (unpaired) electrons. The van der Waals surface area contributed by atoms with Crippen LogP contribution in [-0.4, -0.2) is 15.0 Å². The van der Waals surface area contributed by atoms with Gasteiger partial charge in [0.15, 0.2) is 0 Å². The van der Waals surface area contributed by atoms with Crippen molar-refractivity contribution < 1.29 is 21.6 Å². The van der Waals surface area contributed by atoms with Crippen molar-refractivity contribution >= 4 is 15.7 Å². The zero-order valence-corrected chi connectivity index (χ0v) is 12.4. The molecule has 0 aromatic heterocycles. The van der Waals surface area contributed by atoms with Crippen molar-refractivity contribution in [2.24, 2.45) is 0 Å². The van der Waals surface area contributed by atoms with Gasteiger partial charge in [-0.3, -0.25) is 4.31 Å². The normalized spacial score (nSPS) is 14.3. The zero-order chi connectivity index (χ0) is 16.1. The van der Waals surface area contributed by atoms with Crippen LogP contribution in [-0.2, 0) is 16.4 Å². The summed E-state index contributed by atoms with van der Waals surface area (Å²) >= 11 is 0. The number of anilines is 1. The maximum absolute atomic E-state index is 13.7. The molecule has 0 atom stereocenters. The van der Waals surface area contributed by atoms with E-state index in [2.05, 4.69) is 0 Å². The van der Waals surface area contributed by atoms with E-state index < -0.39 is 27.5 Å². The van der Waals surface area contributed by atoms with Crippen LogP contribution < -0.4 is 4.31 Å². The Morgan fingerprint density at radius 3 is 2.45 bits per heavy atom. The number of aryl methyl sites for hydroxylation is 1. The molecule has 3 nitrogen and oxygen atoms in total. The Hall–Kier alpha value is -2.02. The smallest absolute Gasteiger partial charge is 0.264 e. The molecule has 0 fully saturated rings. The molecule has 0 spiro atoms. The van der Waals surface area contributed by atoms with Crippen LogP contribution in [0.4, 0.5) is 18.9 Å². The summed E-state index contributed by atoms with van der Waals surface area (Å²) in [7, 11) is -4.06. The molecule has 0 N–H and O–H groups in total. The molecule has 0 saturated carbocycles. The van der Waals surface area contributed by atoms with Crippen LogP contribution in [0.5, 0.6) is 0 Å². The third-order valence-electron chi connectivity index (χ3n) is 3.70. The van der Waals surface area contributed by atoms with E-state index in [-0.39, 0.29) is 29.1 Å². The summed E-state index contributed by atoms with van der Waals surface area (Å²) in [6.07, 6.45) is 0.148. The molecule has 2 aromatic carbocycles. The lowest BCUT2D eigenvalue weighted by Crippen LogP contribution is -2.29. The molecule has 0 unspecified atom stereocenters. The molecular weight excluding hydrogens is 315 g/mol. The highest BCUT2D eigenvalue weighted by atomic mass is 32.2. The van der Waals surface area contributed by atoms with Crippen molar-refractivity contribution in [2.75, 3.05) is 10.8 Å². The highest BCUT2D eigenvalue weighted by molar-refractivity contribution is 7.92. The Kier molecular flexibility index (Phi) is 3.40. The minimum absolute atomic E-state index is 0.00641. The molecule has 0 bridgehead atoms. The second-order valence-corrected chi connectivity index (χ2v) is 6.99. The summed E-state index contributed by atoms with van der Waals surface area (Å²) in [6, 6.07) is 5.25. The summed E-state index contributed by atoms with van der Waals surface area (Å²) in [5, 5.41) is 0. The van der Waals surface area contributed by atoms with Gasteiger partial charge in [-0.15, -0.1) is 0 Å². The molecule has 0 saturated heterocycles. The third-order valence-corrected chi connectivity index (χ3v) is 5.51. The first-order valence-electron chi connectivity index (χ1n) is 6.57. The molecular formula is C15H12F3NO2S. The quantitative estimate of drug-likeness (QED) is 0.850. The van der Waals surface area contributed by atoms with Gasteiger partial charge >= 0.3 is 0 Å². The third kappa shape index (κ3) is 2.25. The van der Waals surface area contributed by atoms with Gasteiger partial charge in [-0.05, 0) is 37.1 Å². The van der Waals surface area contributed by atoms with Crippen LogP contribution in [0.1, 0.15) is 11.1 Å². The fourth-order valence-electron chi connectivity index (χ4n) is 2.50. The largest absolute Gasteiger partial charge is 0.266 e. The van der Waals surface area contributed by atoms with Crippen molar-refractivity contribution in [1.82, 2.24) is 0 Å². The Morgan fingerprint density at radius 1 is 1.05 bits per heavy atom. The fraction of sp³-hybridized carbons (Fsp3) is 0.200. The second kappa shape index (κ2) is 5.01. The van der Waals surface area contributed by atoms with Gasteiger partial charge in [-0.25, -0.2) is 21.6 Å². The number of sulfonamides is 1. The van der Waals surface area contributed by atoms with Crippen molar-refractivity contribution in [3.8, 4) is 0 Å². The summed E-state index contributed by atoms with van der Waals surface area (Å²) < 4.78 is 66.8. The SMILES string of the molecule is Cc1ccc(S(=O)(=O)N2CCc3c(F)cc(F)cc32)cc1F. The number of rotatable bonds is 2. The van der Waals surface area contributed by atoms with E-state index in [1.807, 2.05) is 0 Å². The lowest BCUT2D eigenvalue weighted by molar-refractivity contribution is 0.577. The van der Waals surface area contributed by atoms with E-state index in [1.165, 1.54) is 19.1 Å². The highest BCUT2D eigenvalue weighted by Gasteiger charge is 2.33. The first-order valence-corrected chi connectivity index (χ1v) is 8.01. The summed E-state index contributed by atoms with van der Waals surface area (Å²) in [6.45, 7) is 1.51. The van der Waals surface area contributed by atoms with E-state index >= 15 is 0 Å². The summed E-state index contributed by atoms with van der Waals surface area (Å²) in [4.78, 5) is -0.242. The summed E-state index contributed by atoms with van der Waals surface area (Å²) in [5.41, 5.74) is 0.439. The minimum atomic E-state index is -4.06. The average Bonchev–Trinajstić information content (AvgIpc) is 2.86. The molecule has 2 aromatic rings. The van der Waals surface area contributed by atoms with Gasteiger partial charge in [0.05, 0.1) is 10.6 Å². The molecule has 3 rings (SSSR count). The number of fused-ring (bicyclic) bond motifs is 1. The van der Waals surface area contributed by atoms with Gasteiger partial charge < -0.3 is 0 Å². The monoisotopic (exact) mass is 327 g/mol. The van der Waals surface area contributed by atoms with Gasteiger partial charge in [-0.1, -0.05) is 6.07 Å². The van der Waals surface area contributed by atoms with Gasteiger partial charge in [0.1, 0.15) is 17.5 Å². The molecule has 0 aliphatic carbocycles. The number of hydrogen-bond donors (Lipinski definition) is 0. The van der Waals surface area contributed by atoms with Gasteiger partial charge in [0, 0.05) is 18.2 Å².